The van der Waals surface area contributed by atoms with E-state index < -0.39 is 5.60 Å². The second kappa shape index (κ2) is 5.42. The summed E-state index contributed by atoms with van der Waals surface area (Å²) in [5.41, 5.74) is 0.740. The van der Waals surface area contributed by atoms with Gasteiger partial charge in [-0.2, -0.15) is 11.8 Å². The second-order valence-electron chi connectivity index (χ2n) is 5.80. The van der Waals surface area contributed by atoms with Crippen LogP contribution < -0.4 is 0 Å². The van der Waals surface area contributed by atoms with Crippen molar-refractivity contribution in [1.29, 1.82) is 0 Å². The maximum Gasteiger partial charge on any atom is 0.0861 e. The molecule has 0 aromatic carbocycles. The summed E-state index contributed by atoms with van der Waals surface area (Å²) in [6.45, 7) is 10.4. The third-order valence-corrected chi connectivity index (χ3v) is 6.47. The van der Waals surface area contributed by atoms with Gasteiger partial charge in [-0.15, -0.1) is 6.58 Å². The summed E-state index contributed by atoms with van der Waals surface area (Å²) in [5, 5.41) is 11.4. The third kappa shape index (κ3) is 2.08. The first kappa shape index (κ1) is 14.2. The van der Waals surface area contributed by atoms with Crippen LogP contribution in [0.15, 0.2) is 24.8 Å². The van der Waals surface area contributed by atoms with Crippen LogP contribution in [0, 0.1) is 5.92 Å². The zero-order chi connectivity index (χ0) is 13.2. The van der Waals surface area contributed by atoms with Crippen molar-refractivity contribution in [3.05, 3.63) is 24.8 Å². The third-order valence-electron chi connectivity index (χ3n) is 4.90. The largest absolute Gasteiger partial charge is 0.388 e. The summed E-state index contributed by atoms with van der Waals surface area (Å²) in [5.74, 6) is 1.38. The fourth-order valence-corrected chi connectivity index (χ4v) is 5.57. The fourth-order valence-electron chi connectivity index (χ4n) is 4.04. The Morgan fingerprint density at radius 1 is 1.44 bits per heavy atom. The van der Waals surface area contributed by atoms with Crippen molar-refractivity contribution in [3.8, 4) is 0 Å². The number of hydrogen-bond donors (Lipinski definition) is 1. The average molecular weight is 266 g/mol. The SMILES string of the molecule is C=CC[C@]1(SCC)CCC(=C)[C@H]2CCCC[C@@]21O. The molecule has 2 fully saturated rings. The number of aliphatic hydroxyl groups is 1. The summed E-state index contributed by atoms with van der Waals surface area (Å²) < 4.78 is -0.0181. The molecule has 2 aliphatic rings. The van der Waals surface area contributed by atoms with Crippen molar-refractivity contribution in [1.82, 2.24) is 0 Å². The van der Waals surface area contributed by atoms with Crippen LogP contribution >= 0.6 is 11.8 Å². The van der Waals surface area contributed by atoms with E-state index in [0.29, 0.717) is 5.92 Å². The Morgan fingerprint density at radius 2 is 2.22 bits per heavy atom. The minimum atomic E-state index is -0.546. The van der Waals surface area contributed by atoms with Gasteiger partial charge in [0.15, 0.2) is 0 Å². The van der Waals surface area contributed by atoms with E-state index in [0.717, 1.165) is 44.3 Å². The lowest BCUT2D eigenvalue weighted by atomic mass is 9.59. The van der Waals surface area contributed by atoms with E-state index in [9.17, 15) is 5.11 Å². The molecule has 0 aromatic rings. The van der Waals surface area contributed by atoms with Gasteiger partial charge < -0.3 is 5.11 Å². The summed E-state index contributed by atoms with van der Waals surface area (Å²) >= 11 is 1.95. The van der Waals surface area contributed by atoms with Crippen molar-refractivity contribution in [2.24, 2.45) is 5.92 Å². The number of fused-ring (bicyclic) bond motifs is 1. The van der Waals surface area contributed by atoms with Crippen molar-refractivity contribution < 1.29 is 5.11 Å². The van der Waals surface area contributed by atoms with Gasteiger partial charge in [0.25, 0.3) is 0 Å². The molecule has 3 atom stereocenters. The summed E-state index contributed by atoms with van der Waals surface area (Å²) in [7, 11) is 0. The monoisotopic (exact) mass is 266 g/mol. The molecule has 2 rings (SSSR count). The predicted octanol–water partition coefficient (Wildman–Crippen LogP) is 4.33. The molecule has 18 heavy (non-hydrogen) atoms. The van der Waals surface area contributed by atoms with E-state index >= 15 is 0 Å². The predicted molar refractivity (Wildman–Crippen MR) is 81.0 cm³/mol. The number of allylic oxidation sites excluding steroid dienone is 1. The van der Waals surface area contributed by atoms with E-state index in [2.05, 4.69) is 20.1 Å². The van der Waals surface area contributed by atoms with Crippen LogP contribution in [-0.4, -0.2) is 21.2 Å². The van der Waals surface area contributed by atoms with E-state index in [1.165, 1.54) is 12.0 Å². The smallest absolute Gasteiger partial charge is 0.0861 e. The van der Waals surface area contributed by atoms with Crippen molar-refractivity contribution in [2.45, 2.75) is 62.2 Å². The Hall–Kier alpha value is -0.210. The minimum absolute atomic E-state index is 0.0181. The molecular formula is C16H26OS. The highest BCUT2D eigenvalue weighted by atomic mass is 32.2. The molecule has 0 unspecified atom stereocenters. The van der Waals surface area contributed by atoms with Gasteiger partial charge in [-0.05, 0) is 37.9 Å². The summed E-state index contributed by atoms with van der Waals surface area (Å²) in [6, 6.07) is 0. The van der Waals surface area contributed by atoms with Crippen LogP contribution in [0.4, 0.5) is 0 Å². The van der Waals surface area contributed by atoms with E-state index in [-0.39, 0.29) is 4.75 Å². The van der Waals surface area contributed by atoms with Gasteiger partial charge in [0.2, 0.25) is 0 Å². The van der Waals surface area contributed by atoms with Crippen LogP contribution in [0.25, 0.3) is 0 Å². The molecule has 0 aromatic heterocycles. The second-order valence-corrected chi connectivity index (χ2v) is 7.45. The molecule has 102 valence electrons. The molecule has 1 nitrogen and oxygen atoms in total. The Balaban J connectivity index is 2.37. The van der Waals surface area contributed by atoms with Crippen molar-refractivity contribution in [3.63, 3.8) is 0 Å². The fraction of sp³-hybridized carbons (Fsp3) is 0.750. The van der Waals surface area contributed by atoms with Crippen molar-refractivity contribution in [2.75, 3.05) is 5.75 Å². The lowest BCUT2D eigenvalue weighted by molar-refractivity contribution is -0.0808. The van der Waals surface area contributed by atoms with Crippen LogP contribution in [0.5, 0.6) is 0 Å². The van der Waals surface area contributed by atoms with Crippen LogP contribution in [-0.2, 0) is 0 Å². The van der Waals surface area contributed by atoms with E-state index in [1.54, 1.807) is 0 Å². The topological polar surface area (TPSA) is 20.2 Å². The zero-order valence-electron chi connectivity index (χ0n) is 11.6. The van der Waals surface area contributed by atoms with E-state index in [1.807, 2.05) is 17.8 Å². The Morgan fingerprint density at radius 3 is 2.89 bits per heavy atom. The molecular weight excluding hydrogens is 240 g/mol. The highest BCUT2D eigenvalue weighted by molar-refractivity contribution is 8.00. The molecule has 0 radical (unpaired) electrons. The Labute approximate surface area is 116 Å². The summed E-state index contributed by atoms with van der Waals surface area (Å²) in [6.07, 6.45) is 9.52. The number of rotatable bonds is 4. The molecule has 0 aliphatic heterocycles. The molecule has 0 bridgehead atoms. The summed E-state index contributed by atoms with van der Waals surface area (Å²) in [4.78, 5) is 0. The first-order valence-electron chi connectivity index (χ1n) is 7.24. The Bertz CT molecular complexity index is 336. The van der Waals surface area contributed by atoms with Crippen molar-refractivity contribution >= 4 is 11.8 Å². The normalized spacial score (nSPS) is 40.3. The first-order valence-corrected chi connectivity index (χ1v) is 8.23. The highest BCUT2D eigenvalue weighted by Crippen LogP contribution is 2.57. The van der Waals surface area contributed by atoms with E-state index in [4.69, 9.17) is 0 Å². The molecule has 0 heterocycles. The molecule has 0 spiro atoms. The lowest BCUT2D eigenvalue weighted by Gasteiger charge is -2.57. The number of thioether (sulfide) groups is 1. The van der Waals surface area contributed by atoms with Gasteiger partial charge in [-0.25, -0.2) is 0 Å². The molecule has 0 amide bonds. The van der Waals surface area contributed by atoms with Gasteiger partial charge in [0.1, 0.15) is 0 Å². The molecule has 0 saturated heterocycles. The Kier molecular flexibility index (Phi) is 4.28. The van der Waals surface area contributed by atoms with Crippen LogP contribution in [0.1, 0.15) is 51.9 Å². The molecule has 2 aliphatic carbocycles. The standard InChI is InChI=1S/C16H26OS/c1-4-10-15(18-5-2)12-9-13(3)14-8-6-7-11-16(14,15)17/h4,14,17H,1,3,5-12H2,2H3/t14-,15+,16-/m1/s1. The molecule has 2 heteroatoms. The average Bonchev–Trinajstić information content (AvgIpc) is 2.35. The highest BCUT2D eigenvalue weighted by Gasteiger charge is 2.57. The quantitative estimate of drug-likeness (QED) is 0.764. The lowest BCUT2D eigenvalue weighted by Crippen LogP contribution is -2.60. The zero-order valence-corrected chi connectivity index (χ0v) is 12.4. The number of hydrogen-bond acceptors (Lipinski definition) is 2. The van der Waals surface area contributed by atoms with Gasteiger partial charge >= 0.3 is 0 Å². The first-order chi connectivity index (χ1) is 8.59. The van der Waals surface area contributed by atoms with Gasteiger partial charge in [-0.1, -0.05) is 38.0 Å². The van der Waals surface area contributed by atoms with Gasteiger partial charge in [-0.3, -0.25) is 0 Å². The van der Waals surface area contributed by atoms with Crippen LogP contribution in [0.2, 0.25) is 0 Å². The van der Waals surface area contributed by atoms with Gasteiger partial charge in [0.05, 0.1) is 5.60 Å². The minimum Gasteiger partial charge on any atom is -0.388 e. The van der Waals surface area contributed by atoms with Crippen LogP contribution in [0.3, 0.4) is 0 Å². The molecule has 2 saturated carbocycles. The van der Waals surface area contributed by atoms with Gasteiger partial charge in [0, 0.05) is 10.7 Å². The maximum absolute atomic E-state index is 11.4. The maximum atomic E-state index is 11.4. The molecule has 1 N–H and O–H groups in total.